The van der Waals surface area contributed by atoms with E-state index in [1.165, 1.54) is 41.8 Å². The maximum Gasteiger partial charge on any atom is 0.416 e. The average molecular weight is 511 g/mol. The van der Waals surface area contributed by atoms with Crippen LogP contribution in [0, 0.1) is 0 Å². The van der Waals surface area contributed by atoms with Crippen LogP contribution in [0.1, 0.15) is 31.7 Å². The number of pyridine rings is 2. The summed E-state index contributed by atoms with van der Waals surface area (Å²) in [6.07, 6.45) is 2.32. The van der Waals surface area contributed by atoms with Crippen LogP contribution < -0.4 is 16.0 Å². The van der Waals surface area contributed by atoms with Crippen molar-refractivity contribution in [1.82, 2.24) is 15.0 Å². The van der Waals surface area contributed by atoms with Crippen molar-refractivity contribution in [3.05, 3.63) is 72.9 Å². The highest BCUT2D eigenvalue weighted by Gasteiger charge is 2.30. The number of nitrogens with two attached hydrogens (primary N) is 1. The van der Waals surface area contributed by atoms with Crippen molar-refractivity contribution in [2.75, 3.05) is 22.5 Å². The Hall–Kier alpha value is -4.41. The number of oxazole rings is 1. The van der Waals surface area contributed by atoms with E-state index in [2.05, 4.69) is 20.3 Å². The normalized spacial score (nSPS) is 11.4. The van der Waals surface area contributed by atoms with Gasteiger partial charge >= 0.3 is 12.2 Å². The Labute approximate surface area is 211 Å². The summed E-state index contributed by atoms with van der Waals surface area (Å²) >= 11 is 0. The maximum atomic E-state index is 13.4. The van der Waals surface area contributed by atoms with Crippen molar-refractivity contribution in [1.29, 1.82) is 0 Å². The van der Waals surface area contributed by atoms with Gasteiger partial charge in [0.15, 0.2) is 18.0 Å². The van der Waals surface area contributed by atoms with Gasteiger partial charge in [0, 0.05) is 23.9 Å². The first-order valence-electron chi connectivity index (χ1n) is 11.6. The van der Waals surface area contributed by atoms with E-state index in [1.807, 2.05) is 6.92 Å². The number of urea groups is 1. The van der Waals surface area contributed by atoms with Crippen molar-refractivity contribution in [2.45, 2.75) is 32.4 Å². The average Bonchev–Trinajstić information content (AvgIpc) is 3.42. The van der Waals surface area contributed by atoms with E-state index in [4.69, 9.17) is 10.2 Å². The van der Waals surface area contributed by atoms with Crippen molar-refractivity contribution < 1.29 is 22.4 Å². The number of unbranched alkanes of at least 4 members (excludes halogenated alkanes) is 2. The van der Waals surface area contributed by atoms with Crippen molar-refractivity contribution >= 4 is 23.4 Å². The van der Waals surface area contributed by atoms with Crippen LogP contribution in [0.2, 0.25) is 0 Å². The molecule has 3 aromatic heterocycles. The molecule has 0 aliphatic heterocycles. The molecule has 37 heavy (non-hydrogen) atoms. The van der Waals surface area contributed by atoms with Crippen LogP contribution in [0.3, 0.4) is 0 Å². The lowest BCUT2D eigenvalue weighted by molar-refractivity contribution is -0.137. The third-order valence-corrected chi connectivity index (χ3v) is 5.59. The molecule has 0 fully saturated rings. The third-order valence-electron chi connectivity index (χ3n) is 5.59. The van der Waals surface area contributed by atoms with Gasteiger partial charge in [0.05, 0.1) is 23.1 Å². The zero-order valence-corrected chi connectivity index (χ0v) is 20.0. The van der Waals surface area contributed by atoms with Gasteiger partial charge in [-0.15, -0.1) is 0 Å². The molecule has 4 aromatic rings. The van der Waals surface area contributed by atoms with E-state index in [0.717, 1.165) is 25.0 Å². The molecule has 3 N–H and O–H groups in total. The minimum Gasteiger partial charge on any atom is -0.444 e. The molecule has 4 rings (SSSR count). The number of alkyl halides is 3. The number of carbonyl (C=O) groups is 1. The predicted octanol–water partition coefficient (Wildman–Crippen LogP) is 6.63. The Bertz CT molecular complexity index is 1360. The SMILES string of the molecule is CCCCCN(C(=O)Nc1cc(-c2cnco2)ccn1)c1nc(-c2cccc(C(F)(F)F)c2)ccc1N. The monoisotopic (exact) mass is 510 g/mol. The molecule has 8 nitrogen and oxygen atoms in total. The summed E-state index contributed by atoms with van der Waals surface area (Å²) in [6.45, 7) is 2.33. The van der Waals surface area contributed by atoms with E-state index in [1.54, 1.807) is 18.3 Å². The summed E-state index contributed by atoms with van der Waals surface area (Å²) in [6, 6.07) is 10.7. The quantitative estimate of drug-likeness (QED) is 0.258. The first-order chi connectivity index (χ1) is 17.8. The zero-order chi connectivity index (χ0) is 26.4. The van der Waals surface area contributed by atoms with Gasteiger partial charge in [-0.1, -0.05) is 31.9 Å². The first kappa shape index (κ1) is 25.7. The van der Waals surface area contributed by atoms with Crippen molar-refractivity contribution in [3.8, 4) is 22.6 Å². The van der Waals surface area contributed by atoms with E-state index in [9.17, 15) is 18.0 Å². The number of nitrogen functional groups attached to an aromatic ring is 1. The van der Waals surface area contributed by atoms with E-state index < -0.39 is 17.8 Å². The van der Waals surface area contributed by atoms with Gasteiger partial charge in [-0.25, -0.2) is 19.7 Å². The molecule has 0 radical (unpaired) electrons. The second kappa shape index (κ2) is 11.1. The topological polar surface area (TPSA) is 110 Å². The second-order valence-electron chi connectivity index (χ2n) is 8.27. The number of rotatable bonds is 8. The van der Waals surface area contributed by atoms with Crippen LogP contribution in [-0.2, 0) is 6.18 Å². The molecule has 1 aromatic carbocycles. The number of nitrogens with one attached hydrogen (secondary N) is 1. The summed E-state index contributed by atoms with van der Waals surface area (Å²) in [4.78, 5) is 27.4. The summed E-state index contributed by atoms with van der Waals surface area (Å²) in [5.74, 6) is 0.930. The lowest BCUT2D eigenvalue weighted by Gasteiger charge is -2.24. The smallest absolute Gasteiger partial charge is 0.416 e. The molecule has 0 aliphatic carbocycles. The summed E-state index contributed by atoms with van der Waals surface area (Å²) in [7, 11) is 0. The Kier molecular flexibility index (Phi) is 7.71. The fourth-order valence-electron chi connectivity index (χ4n) is 3.70. The number of nitrogens with zero attached hydrogens (tertiary/aromatic N) is 4. The first-order valence-corrected chi connectivity index (χ1v) is 11.6. The third kappa shape index (κ3) is 6.24. The van der Waals surface area contributed by atoms with Crippen molar-refractivity contribution in [2.24, 2.45) is 0 Å². The number of halogens is 3. The van der Waals surface area contributed by atoms with Gasteiger partial charge in [-0.2, -0.15) is 13.2 Å². The minimum atomic E-state index is -4.49. The number of benzene rings is 1. The molecule has 0 bridgehead atoms. The van der Waals surface area contributed by atoms with E-state index >= 15 is 0 Å². The highest BCUT2D eigenvalue weighted by Crippen LogP contribution is 2.33. The zero-order valence-electron chi connectivity index (χ0n) is 20.0. The lowest BCUT2D eigenvalue weighted by Crippen LogP contribution is -2.37. The predicted molar refractivity (Wildman–Crippen MR) is 135 cm³/mol. The number of aromatic nitrogens is 3. The van der Waals surface area contributed by atoms with Gasteiger partial charge in [-0.3, -0.25) is 10.2 Å². The van der Waals surface area contributed by atoms with Crippen LogP contribution in [0.15, 0.2) is 71.7 Å². The van der Waals surface area contributed by atoms with Gasteiger partial charge in [0.2, 0.25) is 0 Å². The van der Waals surface area contributed by atoms with Gasteiger partial charge in [-0.05, 0) is 42.8 Å². The molecular formula is C26H25F3N6O2. The van der Waals surface area contributed by atoms with E-state index in [0.29, 0.717) is 24.3 Å². The fraction of sp³-hybridized carbons (Fsp3) is 0.231. The molecule has 0 unspecified atom stereocenters. The Balaban J connectivity index is 1.65. The second-order valence-corrected chi connectivity index (χ2v) is 8.27. The van der Waals surface area contributed by atoms with Crippen molar-refractivity contribution in [3.63, 3.8) is 0 Å². The summed E-state index contributed by atoms with van der Waals surface area (Å²) in [5, 5.41) is 2.75. The molecule has 11 heteroatoms. The number of carbonyl (C=O) groups excluding carboxylic acids is 1. The largest absolute Gasteiger partial charge is 0.444 e. The number of hydrogen-bond acceptors (Lipinski definition) is 6. The molecule has 2 amide bonds. The molecule has 0 saturated heterocycles. The van der Waals surface area contributed by atoms with Crippen LogP contribution >= 0.6 is 0 Å². The fourth-order valence-corrected chi connectivity index (χ4v) is 3.70. The van der Waals surface area contributed by atoms with E-state index in [-0.39, 0.29) is 28.6 Å². The van der Waals surface area contributed by atoms with Gasteiger partial charge in [0.25, 0.3) is 0 Å². The minimum absolute atomic E-state index is 0.148. The van der Waals surface area contributed by atoms with Crippen LogP contribution in [0.25, 0.3) is 22.6 Å². The number of amides is 2. The van der Waals surface area contributed by atoms with Crippen LogP contribution in [0.4, 0.5) is 35.3 Å². The Morgan fingerprint density at radius 2 is 1.95 bits per heavy atom. The maximum absolute atomic E-state index is 13.4. The van der Waals surface area contributed by atoms with Gasteiger partial charge in [0.1, 0.15) is 5.82 Å². The van der Waals surface area contributed by atoms with Crippen LogP contribution in [-0.4, -0.2) is 27.5 Å². The molecule has 3 heterocycles. The highest BCUT2D eigenvalue weighted by molar-refractivity contribution is 6.02. The number of anilines is 3. The molecule has 192 valence electrons. The van der Waals surface area contributed by atoms with Gasteiger partial charge < -0.3 is 10.2 Å². The Morgan fingerprint density at radius 3 is 2.68 bits per heavy atom. The number of hydrogen-bond donors (Lipinski definition) is 2. The Morgan fingerprint density at radius 1 is 1.11 bits per heavy atom. The lowest BCUT2D eigenvalue weighted by atomic mass is 10.1. The summed E-state index contributed by atoms with van der Waals surface area (Å²) < 4.78 is 45.0. The standard InChI is InChI=1S/C26H25F3N6O2/c1-2-3-4-12-35(25(36)34-23-14-18(10-11-32-23)22-15-31-16-37-22)24-20(30)8-9-21(33-24)17-6-5-7-19(13-17)26(27,28)29/h5-11,13-16H,2-4,12,30H2,1H3,(H,32,34,36). The molecule has 0 spiro atoms. The van der Waals surface area contributed by atoms with Crippen LogP contribution in [0.5, 0.6) is 0 Å². The summed E-state index contributed by atoms with van der Waals surface area (Å²) in [5.41, 5.74) is 6.80. The molecular weight excluding hydrogens is 485 g/mol. The molecule has 0 aliphatic rings. The molecule has 0 saturated carbocycles. The highest BCUT2D eigenvalue weighted by atomic mass is 19.4. The molecule has 0 atom stereocenters.